The molecule has 75 heavy (non-hydrogen) atoms. The number of hydrogen-bond acceptors (Lipinski definition) is 3. The summed E-state index contributed by atoms with van der Waals surface area (Å²) < 4.78 is 28.4. The van der Waals surface area contributed by atoms with Crippen LogP contribution in [-0.4, -0.2) is 15.0 Å². The molecule has 11 rings (SSSR count). The fourth-order valence-electron chi connectivity index (χ4n) is 13.5. The molecule has 3 fully saturated rings. The zero-order chi connectivity index (χ0) is 54.2. The zero-order valence-electron chi connectivity index (χ0n) is 48.4. The van der Waals surface area contributed by atoms with Gasteiger partial charge in [0.2, 0.25) is 0 Å². The molecule has 8 aromatic rings. The molecule has 3 aliphatic rings. The molecule has 0 spiro atoms. The maximum atomic E-state index is 9.47. The third kappa shape index (κ3) is 11.5. The normalized spacial score (nSPS) is 18.0. The molecule has 0 bridgehead atoms. The highest BCUT2D eigenvalue weighted by Crippen LogP contribution is 2.47. The highest BCUT2D eigenvalue weighted by molar-refractivity contribution is 5.74. The lowest BCUT2D eigenvalue weighted by Crippen LogP contribution is -2.27. The molecule has 0 radical (unpaired) electrons. The monoisotopic (exact) mass is 989 g/mol. The standard InChI is InChI=1S/C72H79N3/c1-69(2,3)50-61-51-75-68(46-65(61)60-21-17-20-59(45-60)55-18-7-6-8-19-55)58-24-30-62(31-25-58)70(4,5)47-52-42-53(48-71(36-11-12-37-71)63-32-26-56(27-33-63)66-22-9-15-40-73-66)44-54(43-52)49-72(38-13-14-39-72)64-34-28-57(29-35-64)67-23-10-16-41-74-67/h9-10,15-17,20-35,40-46,51,55H,6-8,11-14,18-19,36-39,47-50H2,1-5H3/i50D2,55D. The van der Waals surface area contributed by atoms with E-state index in [1.54, 1.807) is 6.20 Å². The number of hydrogen-bond donors (Lipinski definition) is 0. The van der Waals surface area contributed by atoms with Gasteiger partial charge in [-0.05, 0) is 178 Å². The van der Waals surface area contributed by atoms with Crippen LogP contribution in [-0.2, 0) is 41.9 Å². The van der Waals surface area contributed by atoms with Gasteiger partial charge in [0.15, 0.2) is 0 Å². The summed E-state index contributed by atoms with van der Waals surface area (Å²) in [7, 11) is 0. The van der Waals surface area contributed by atoms with Crippen molar-refractivity contribution in [3.05, 3.63) is 221 Å². The molecule has 3 aliphatic carbocycles. The van der Waals surface area contributed by atoms with E-state index in [0.29, 0.717) is 5.56 Å². The van der Waals surface area contributed by atoms with E-state index in [1.807, 2.05) is 45.3 Å². The van der Waals surface area contributed by atoms with Crippen LogP contribution < -0.4 is 0 Å². The van der Waals surface area contributed by atoms with E-state index in [0.717, 1.165) is 84.3 Å². The Labute approximate surface area is 454 Å². The second kappa shape index (κ2) is 21.7. The smallest absolute Gasteiger partial charge is 0.0708 e. The first kappa shape index (κ1) is 47.0. The van der Waals surface area contributed by atoms with Gasteiger partial charge in [0, 0.05) is 39.4 Å². The van der Waals surface area contributed by atoms with Gasteiger partial charge in [-0.3, -0.25) is 15.0 Å². The Kier molecular flexibility index (Phi) is 13.6. The topological polar surface area (TPSA) is 38.7 Å². The summed E-state index contributed by atoms with van der Waals surface area (Å²) in [6, 6.07) is 58.3. The zero-order valence-corrected chi connectivity index (χ0v) is 45.4. The minimum atomic E-state index is -1.65. The fourth-order valence-corrected chi connectivity index (χ4v) is 13.5. The van der Waals surface area contributed by atoms with E-state index in [-0.39, 0.29) is 16.2 Å². The predicted octanol–water partition coefficient (Wildman–Crippen LogP) is 18.8. The number of benzene rings is 5. The van der Waals surface area contributed by atoms with Gasteiger partial charge in [-0.2, -0.15) is 0 Å². The summed E-state index contributed by atoms with van der Waals surface area (Å²) in [4.78, 5) is 14.3. The maximum Gasteiger partial charge on any atom is 0.0708 e. The van der Waals surface area contributed by atoms with Crippen molar-refractivity contribution in [3.8, 4) is 44.9 Å². The van der Waals surface area contributed by atoms with E-state index < -0.39 is 17.7 Å². The second-order valence-electron chi connectivity index (χ2n) is 24.4. The molecule has 0 saturated heterocycles. The third-order valence-corrected chi connectivity index (χ3v) is 17.3. The summed E-state index contributed by atoms with van der Waals surface area (Å²) in [5.41, 5.74) is 17.4. The molecular weight excluding hydrogens is 907 g/mol. The summed E-state index contributed by atoms with van der Waals surface area (Å²) in [6.45, 7) is 10.7. The lowest BCUT2D eigenvalue weighted by Gasteiger charge is -2.33. The van der Waals surface area contributed by atoms with Crippen molar-refractivity contribution in [1.29, 1.82) is 0 Å². The number of aromatic nitrogens is 3. The Hall–Kier alpha value is -6.45. The third-order valence-electron chi connectivity index (χ3n) is 17.3. The number of rotatable bonds is 15. The average molecular weight is 989 g/mol. The Morgan fingerprint density at radius 2 is 1.01 bits per heavy atom. The van der Waals surface area contributed by atoms with Gasteiger partial charge in [0.25, 0.3) is 0 Å². The molecule has 3 heterocycles. The summed E-state index contributed by atoms with van der Waals surface area (Å²) in [6.07, 6.45) is 21.7. The van der Waals surface area contributed by atoms with Crippen LogP contribution in [0.3, 0.4) is 0 Å². The fraction of sp³-hybridized carbons (Fsp3) is 0.375. The molecule has 0 amide bonds. The van der Waals surface area contributed by atoms with E-state index in [2.05, 4.69) is 169 Å². The Bertz CT molecular complexity index is 3200. The van der Waals surface area contributed by atoms with Crippen LogP contribution in [0.2, 0.25) is 0 Å². The molecule has 0 unspecified atom stereocenters. The van der Waals surface area contributed by atoms with Gasteiger partial charge in [0.05, 0.1) is 17.1 Å². The number of pyridine rings is 3. The first-order chi connectivity index (χ1) is 37.5. The SMILES string of the molecule is [2H]C1(c2cccc(-c3cc(-c4ccc(C(C)(C)Cc5cc(CC6(c7ccc(-c8ccccn8)cc7)CCCC6)cc(CC6(c7ccc(-c8ccccn8)cc7)CCCC6)c5)cc4)ncc3C([2H])([2H])C(C)(C)C)c2)CCCCC1. The lowest BCUT2D eigenvalue weighted by molar-refractivity contribution is 0.411. The van der Waals surface area contributed by atoms with Crippen molar-refractivity contribution in [3.63, 3.8) is 0 Å². The van der Waals surface area contributed by atoms with Crippen molar-refractivity contribution >= 4 is 0 Å². The van der Waals surface area contributed by atoms with Crippen molar-refractivity contribution in [2.24, 2.45) is 5.41 Å². The summed E-state index contributed by atoms with van der Waals surface area (Å²) in [5.74, 6) is -0.614. The predicted molar refractivity (Wildman–Crippen MR) is 314 cm³/mol. The van der Waals surface area contributed by atoms with Gasteiger partial charge in [-0.15, -0.1) is 0 Å². The van der Waals surface area contributed by atoms with Crippen molar-refractivity contribution in [2.45, 2.75) is 166 Å². The largest absolute Gasteiger partial charge is 0.256 e. The molecule has 0 atom stereocenters. The van der Waals surface area contributed by atoms with Crippen molar-refractivity contribution in [2.75, 3.05) is 0 Å². The maximum absolute atomic E-state index is 9.47. The first-order valence-electron chi connectivity index (χ1n) is 29.9. The molecule has 0 N–H and O–H groups in total. The van der Waals surface area contributed by atoms with Gasteiger partial charge in [0.1, 0.15) is 0 Å². The van der Waals surface area contributed by atoms with Crippen molar-refractivity contribution < 1.29 is 4.11 Å². The molecule has 3 nitrogen and oxygen atoms in total. The molecule has 3 heteroatoms. The summed E-state index contributed by atoms with van der Waals surface area (Å²) in [5, 5.41) is 0. The Morgan fingerprint density at radius 1 is 0.493 bits per heavy atom. The van der Waals surface area contributed by atoms with E-state index in [1.165, 1.54) is 102 Å². The van der Waals surface area contributed by atoms with E-state index in [9.17, 15) is 4.11 Å². The highest BCUT2D eigenvalue weighted by atomic mass is 14.7. The second-order valence-corrected chi connectivity index (χ2v) is 24.4. The van der Waals surface area contributed by atoms with Crippen LogP contribution in [0.25, 0.3) is 44.9 Å². The number of nitrogens with zero attached hydrogens (tertiary/aromatic N) is 3. The molecule has 3 saturated carbocycles. The van der Waals surface area contributed by atoms with Crippen molar-refractivity contribution in [1.82, 2.24) is 15.0 Å². The summed E-state index contributed by atoms with van der Waals surface area (Å²) >= 11 is 0. The van der Waals surface area contributed by atoms with Gasteiger partial charge >= 0.3 is 0 Å². The van der Waals surface area contributed by atoms with Gasteiger partial charge < -0.3 is 0 Å². The Balaban J connectivity index is 0.921. The van der Waals surface area contributed by atoms with Crippen LogP contribution in [0, 0.1) is 5.41 Å². The molecule has 5 aromatic carbocycles. The van der Waals surface area contributed by atoms with Crippen LogP contribution in [0.5, 0.6) is 0 Å². The average Bonchev–Trinajstić information content (AvgIpc) is 4.15. The van der Waals surface area contributed by atoms with Crippen LogP contribution in [0.4, 0.5) is 0 Å². The molecule has 0 aliphatic heterocycles. The first-order valence-corrected chi connectivity index (χ1v) is 28.4. The molecular formula is C72H79N3. The van der Waals surface area contributed by atoms with Crippen LogP contribution in [0.15, 0.2) is 176 Å². The molecule has 3 aromatic heterocycles. The van der Waals surface area contributed by atoms with Crippen LogP contribution >= 0.6 is 0 Å². The van der Waals surface area contributed by atoms with E-state index >= 15 is 0 Å². The minimum absolute atomic E-state index is 0.0832. The Morgan fingerprint density at radius 3 is 1.53 bits per heavy atom. The molecule has 382 valence electrons. The van der Waals surface area contributed by atoms with Gasteiger partial charge in [-0.1, -0.05) is 207 Å². The highest BCUT2D eigenvalue weighted by Gasteiger charge is 2.38. The lowest BCUT2D eigenvalue weighted by atomic mass is 9.71. The van der Waals surface area contributed by atoms with E-state index in [4.69, 9.17) is 4.98 Å². The van der Waals surface area contributed by atoms with Gasteiger partial charge in [-0.25, -0.2) is 0 Å². The quantitative estimate of drug-likeness (QED) is 0.103. The van der Waals surface area contributed by atoms with Crippen LogP contribution in [0.1, 0.15) is 173 Å². The minimum Gasteiger partial charge on any atom is -0.256 e.